The summed E-state index contributed by atoms with van der Waals surface area (Å²) >= 11 is 1.35. The summed E-state index contributed by atoms with van der Waals surface area (Å²) in [7, 11) is 0. The summed E-state index contributed by atoms with van der Waals surface area (Å²) in [5, 5.41) is 12.7. The Hall–Kier alpha value is -1.93. The molecule has 1 heterocycles. The second-order valence-corrected chi connectivity index (χ2v) is 4.06. The van der Waals surface area contributed by atoms with Crippen LogP contribution in [0.25, 0.3) is 0 Å². The third-order valence-corrected chi connectivity index (χ3v) is 2.82. The number of hydrogen-bond acceptors (Lipinski definition) is 5. The van der Waals surface area contributed by atoms with Gasteiger partial charge in [0.15, 0.2) is 0 Å². The Labute approximate surface area is 97.7 Å². The first-order valence-corrected chi connectivity index (χ1v) is 5.58. The number of nitriles is 1. The number of nitrogens with one attached hydrogen (secondary N) is 1. The van der Waals surface area contributed by atoms with Gasteiger partial charge >= 0.3 is 0 Å². The Balaban J connectivity index is 1.97. The molecule has 0 fully saturated rings. The maximum Gasteiger partial charge on any atom is 0.202 e. The molecular formula is C11H10N4S. The van der Waals surface area contributed by atoms with Crippen molar-refractivity contribution in [3.05, 3.63) is 41.2 Å². The molecule has 0 aliphatic heterocycles. The number of anilines is 1. The number of aromatic nitrogens is 2. The quantitative estimate of drug-likeness (QED) is 0.879. The molecule has 0 radical (unpaired) electrons. The lowest BCUT2D eigenvalue weighted by molar-refractivity contribution is 1.10. The molecule has 4 nitrogen and oxygen atoms in total. The van der Waals surface area contributed by atoms with E-state index in [0.29, 0.717) is 12.1 Å². The zero-order valence-corrected chi connectivity index (χ0v) is 9.58. The van der Waals surface area contributed by atoms with E-state index in [-0.39, 0.29) is 0 Å². The van der Waals surface area contributed by atoms with Gasteiger partial charge in [-0.1, -0.05) is 12.1 Å². The van der Waals surface area contributed by atoms with E-state index in [4.69, 9.17) is 5.26 Å². The molecule has 0 aliphatic rings. The summed E-state index contributed by atoms with van der Waals surface area (Å²) in [4.78, 5) is 4.20. The summed E-state index contributed by atoms with van der Waals surface area (Å²) in [6, 6.07) is 9.57. The van der Waals surface area contributed by atoms with E-state index in [1.165, 1.54) is 11.5 Å². The molecule has 0 atom stereocenters. The molecule has 0 unspecified atom stereocenters. The van der Waals surface area contributed by atoms with Gasteiger partial charge < -0.3 is 5.32 Å². The summed E-state index contributed by atoms with van der Waals surface area (Å²) in [6.07, 6.45) is 0. The highest BCUT2D eigenvalue weighted by molar-refractivity contribution is 7.09. The zero-order chi connectivity index (χ0) is 11.4. The Morgan fingerprint density at radius 3 is 2.69 bits per heavy atom. The van der Waals surface area contributed by atoms with Crippen LogP contribution in [0.5, 0.6) is 0 Å². The van der Waals surface area contributed by atoms with Crippen LogP contribution < -0.4 is 5.32 Å². The first-order valence-electron chi connectivity index (χ1n) is 4.81. The topological polar surface area (TPSA) is 61.6 Å². The van der Waals surface area contributed by atoms with Gasteiger partial charge in [-0.3, -0.25) is 0 Å². The Morgan fingerprint density at radius 2 is 2.12 bits per heavy atom. The Morgan fingerprint density at radius 1 is 1.38 bits per heavy atom. The largest absolute Gasteiger partial charge is 0.356 e. The van der Waals surface area contributed by atoms with Crippen molar-refractivity contribution < 1.29 is 0 Å². The van der Waals surface area contributed by atoms with Crippen LogP contribution in [0, 0.1) is 18.3 Å². The number of aryl methyl sites for hydroxylation is 1. The lowest BCUT2D eigenvalue weighted by Crippen LogP contribution is -1.98. The minimum atomic E-state index is 0.676. The fourth-order valence-corrected chi connectivity index (χ4v) is 1.81. The van der Waals surface area contributed by atoms with Gasteiger partial charge in [-0.15, -0.1) is 0 Å². The molecule has 0 spiro atoms. The van der Waals surface area contributed by atoms with E-state index < -0.39 is 0 Å². The third-order valence-electron chi connectivity index (χ3n) is 2.05. The minimum absolute atomic E-state index is 0.676. The number of nitrogens with zero attached hydrogens (tertiary/aromatic N) is 3. The number of rotatable bonds is 3. The summed E-state index contributed by atoms with van der Waals surface area (Å²) < 4.78 is 4.08. The number of benzene rings is 1. The van der Waals surface area contributed by atoms with Gasteiger partial charge in [-0.2, -0.15) is 9.64 Å². The molecule has 0 saturated heterocycles. The van der Waals surface area contributed by atoms with E-state index in [9.17, 15) is 0 Å². The number of hydrogen-bond donors (Lipinski definition) is 1. The van der Waals surface area contributed by atoms with Crippen molar-refractivity contribution in [1.29, 1.82) is 5.26 Å². The molecule has 5 heteroatoms. The minimum Gasteiger partial charge on any atom is -0.356 e. The van der Waals surface area contributed by atoms with Crippen molar-refractivity contribution in [3.8, 4) is 6.07 Å². The fourth-order valence-electron chi connectivity index (χ4n) is 1.24. The lowest BCUT2D eigenvalue weighted by atomic mass is 10.1. The van der Waals surface area contributed by atoms with Crippen LogP contribution >= 0.6 is 11.5 Å². The SMILES string of the molecule is Cc1nsc(NCc2ccc(C#N)cc2)n1. The van der Waals surface area contributed by atoms with Gasteiger partial charge in [0.1, 0.15) is 5.82 Å². The average molecular weight is 230 g/mol. The van der Waals surface area contributed by atoms with Crippen molar-refractivity contribution in [3.63, 3.8) is 0 Å². The van der Waals surface area contributed by atoms with Crippen molar-refractivity contribution in [2.75, 3.05) is 5.32 Å². The molecule has 2 rings (SSSR count). The highest BCUT2D eigenvalue weighted by atomic mass is 32.1. The maximum atomic E-state index is 8.66. The van der Waals surface area contributed by atoms with Crippen LogP contribution in [-0.2, 0) is 6.54 Å². The van der Waals surface area contributed by atoms with Crippen molar-refractivity contribution in [2.24, 2.45) is 0 Å². The maximum absolute atomic E-state index is 8.66. The van der Waals surface area contributed by atoms with Crippen LogP contribution in [0.3, 0.4) is 0 Å². The molecule has 16 heavy (non-hydrogen) atoms. The van der Waals surface area contributed by atoms with Gasteiger partial charge in [0.25, 0.3) is 0 Å². The molecule has 0 aliphatic carbocycles. The van der Waals surface area contributed by atoms with E-state index in [0.717, 1.165) is 16.5 Å². The molecule has 0 saturated carbocycles. The van der Waals surface area contributed by atoms with Crippen LogP contribution in [0.2, 0.25) is 0 Å². The first kappa shape index (κ1) is 10.6. The van der Waals surface area contributed by atoms with Crippen LogP contribution in [0.4, 0.5) is 5.13 Å². The summed E-state index contributed by atoms with van der Waals surface area (Å²) in [5.74, 6) is 0.785. The Bertz CT molecular complexity index is 510. The van der Waals surface area contributed by atoms with Crippen molar-refractivity contribution >= 4 is 16.7 Å². The summed E-state index contributed by atoms with van der Waals surface area (Å²) in [6.45, 7) is 2.56. The van der Waals surface area contributed by atoms with Gasteiger partial charge in [-0.05, 0) is 24.6 Å². The van der Waals surface area contributed by atoms with Crippen LogP contribution in [0.1, 0.15) is 17.0 Å². The smallest absolute Gasteiger partial charge is 0.202 e. The monoisotopic (exact) mass is 230 g/mol. The molecule has 0 bridgehead atoms. The van der Waals surface area contributed by atoms with Gasteiger partial charge in [0.05, 0.1) is 11.6 Å². The summed E-state index contributed by atoms with van der Waals surface area (Å²) in [5.41, 5.74) is 1.79. The van der Waals surface area contributed by atoms with Crippen LogP contribution in [0.15, 0.2) is 24.3 Å². The predicted molar refractivity (Wildman–Crippen MR) is 63.1 cm³/mol. The van der Waals surface area contributed by atoms with Gasteiger partial charge in [0, 0.05) is 18.1 Å². The van der Waals surface area contributed by atoms with Crippen LogP contribution in [-0.4, -0.2) is 9.36 Å². The predicted octanol–water partition coefficient (Wildman–Crippen LogP) is 2.33. The van der Waals surface area contributed by atoms with Gasteiger partial charge in [0.2, 0.25) is 5.13 Å². The highest BCUT2D eigenvalue weighted by Gasteiger charge is 1.99. The second kappa shape index (κ2) is 4.73. The highest BCUT2D eigenvalue weighted by Crippen LogP contribution is 2.12. The van der Waals surface area contributed by atoms with Crippen molar-refractivity contribution in [2.45, 2.75) is 13.5 Å². The lowest BCUT2D eigenvalue weighted by Gasteiger charge is -2.01. The third kappa shape index (κ3) is 2.55. The molecule has 1 aromatic heterocycles. The molecule has 1 N–H and O–H groups in total. The Kier molecular flexibility index (Phi) is 3.13. The van der Waals surface area contributed by atoms with E-state index in [2.05, 4.69) is 20.7 Å². The molecule has 80 valence electrons. The van der Waals surface area contributed by atoms with Gasteiger partial charge in [-0.25, -0.2) is 4.98 Å². The normalized spacial score (nSPS) is 9.75. The molecule has 0 amide bonds. The van der Waals surface area contributed by atoms with E-state index >= 15 is 0 Å². The second-order valence-electron chi connectivity index (χ2n) is 3.31. The molecule has 1 aromatic carbocycles. The van der Waals surface area contributed by atoms with E-state index in [1.54, 1.807) is 0 Å². The fraction of sp³-hybridized carbons (Fsp3) is 0.182. The molecule has 2 aromatic rings. The molecular weight excluding hydrogens is 220 g/mol. The first-order chi connectivity index (χ1) is 7.78. The van der Waals surface area contributed by atoms with Crippen molar-refractivity contribution in [1.82, 2.24) is 9.36 Å². The average Bonchev–Trinajstić information content (AvgIpc) is 2.73. The van der Waals surface area contributed by atoms with E-state index in [1.807, 2.05) is 31.2 Å². The standard InChI is InChI=1S/C11H10N4S/c1-8-14-11(16-15-8)13-7-10-4-2-9(6-12)3-5-10/h2-5H,7H2,1H3,(H,13,14,15). The zero-order valence-electron chi connectivity index (χ0n) is 8.77.